The smallest absolute Gasteiger partial charge is 0.158 e. The van der Waals surface area contributed by atoms with Crippen LogP contribution in [0.15, 0.2) is 46.8 Å². The monoisotopic (exact) mass is 454 g/mol. The molecular weight excluding hydrogens is 432 g/mol. The lowest BCUT2D eigenvalue weighted by Crippen LogP contribution is -2.50. The summed E-state index contributed by atoms with van der Waals surface area (Å²) in [5.41, 5.74) is 21.3. The van der Waals surface area contributed by atoms with Crippen LogP contribution in [-0.2, 0) is 11.8 Å². The maximum Gasteiger partial charge on any atom is 0.158 e. The van der Waals surface area contributed by atoms with E-state index in [1.54, 1.807) is 18.5 Å². The van der Waals surface area contributed by atoms with Crippen molar-refractivity contribution in [1.82, 2.24) is 19.9 Å². The zero-order valence-electron chi connectivity index (χ0n) is 16.8. The van der Waals surface area contributed by atoms with Crippen LogP contribution in [0.1, 0.15) is 24.0 Å². The van der Waals surface area contributed by atoms with E-state index in [1.807, 2.05) is 12.4 Å². The number of pyridine rings is 2. The summed E-state index contributed by atoms with van der Waals surface area (Å²) in [6.07, 6.45) is 10.0. The molecule has 1 saturated heterocycles. The number of halogens is 1. The van der Waals surface area contributed by atoms with Crippen LogP contribution in [0.4, 0.5) is 17.5 Å². The van der Waals surface area contributed by atoms with Crippen LogP contribution in [0.5, 0.6) is 0 Å². The first-order valence-electron chi connectivity index (χ1n) is 10.1. The second-order valence-corrected chi connectivity index (χ2v) is 9.42. The van der Waals surface area contributed by atoms with Crippen molar-refractivity contribution >= 4 is 40.8 Å². The van der Waals surface area contributed by atoms with Crippen molar-refractivity contribution in [1.29, 1.82) is 0 Å². The van der Waals surface area contributed by atoms with E-state index in [0.717, 1.165) is 43.1 Å². The molecule has 0 amide bonds. The first-order valence-corrected chi connectivity index (χ1v) is 11.3. The molecular formula is C21H23ClN8S. The molecule has 4 heterocycles. The van der Waals surface area contributed by atoms with E-state index in [4.69, 9.17) is 28.8 Å². The summed E-state index contributed by atoms with van der Waals surface area (Å²) in [6.45, 7) is 1.70. The molecule has 8 nitrogen and oxygen atoms in total. The number of anilines is 3. The maximum atomic E-state index is 6.60. The molecule has 1 aliphatic carbocycles. The predicted octanol–water partition coefficient (Wildman–Crippen LogP) is 2.66. The third-order valence-electron chi connectivity index (χ3n) is 6.41. The molecule has 6 N–H and O–H groups in total. The van der Waals surface area contributed by atoms with E-state index in [0.29, 0.717) is 15.9 Å². The second-order valence-electron chi connectivity index (χ2n) is 8.02. The highest BCUT2D eigenvalue weighted by molar-refractivity contribution is 7.99. The van der Waals surface area contributed by atoms with Gasteiger partial charge in [0.05, 0.1) is 11.2 Å². The van der Waals surface area contributed by atoms with Gasteiger partial charge in [-0.15, -0.1) is 0 Å². The first kappa shape index (κ1) is 20.3. The third kappa shape index (κ3) is 3.46. The zero-order valence-corrected chi connectivity index (χ0v) is 18.4. The Hall–Kier alpha value is -2.62. The Morgan fingerprint density at radius 1 is 1.06 bits per heavy atom. The van der Waals surface area contributed by atoms with Gasteiger partial charge in [-0.25, -0.2) is 15.0 Å². The third-order valence-corrected chi connectivity index (χ3v) is 7.99. The molecule has 0 aromatic carbocycles. The summed E-state index contributed by atoms with van der Waals surface area (Å²) in [5.74, 6) is 1.42. The average molecular weight is 455 g/mol. The number of fused-ring (bicyclic) bond motifs is 2. The molecule has 0 unspecified atom stereocenters. The molecule has 10 heteroatoms. The van der Waals surface area contributed by atoms with Crippen LogP contribution in [0.25, 0.3) is 0 Å². The summed E-state index contributed by atoms with van der Waals surface area (Å²) in [4.78, 5) is 20.4. The SMILES string of the molecule is Nc1nc(N2CCC3(CC2)c2ccncc2C[C@H]3N)cnc1Sc1ccnc(N)c1Cl. The molecule has 0 bridgehead atoms. The fourth-order valence-electron chi connectivity index (χ4n) is 4.72. The Balaban J connectivity index is 1.32. The lowest BCUT2D eigenvalue weighted by atomic mass is 9.71. The van der Waals surface area contributed by atoms with Crippen molar-refractivity contribution in [2.24, 2.45) is 5.73 Å². The topological polar surface area (TPSA) is 133 Å². The van der Waals surface area contributed by atoms with Crippen molar-refractivity contribution in [3.63, 3.8) is 0 Å². The second kappa shape index (κ2) is 7.81. The molecule has 1 fully saturated rings. The Morgan fingerprint density at radius 2 is 1.87 bits per heavy atom. The normalized spacial score (nSPS) is 19.5. The maximum absolute atomic E-state index is 6.60. The highest BCUT2D eigenvalue weighted by atomic mass is 35.5. The van der Waals surface area contributed by atoms with Crippen LogP contribution >= 0.6 is 23.4 Å². The van der Waals surface area contributed by atoms with E-state index in [9.17, 15) is 0 Å². The predicted molar refractivity (Wildman–Crippen MR) is 123 cm³/mol. The van der Waals surface area contributed by atoms with Crippen LogP contribution in [0.3, 0.4) is 0 Å². The van der Waals surface area contributed by atoms with Gasteiger partial charge in [-0.3, -0.25) is 4.98 Å². The molecule has 1 aliphatic heterocycles. The van der Waals surface area contributed by atoms with Crippen LogP contribution < -0.4 is 22.1 Å². The number of rotatable bonds is 3. The van der Waals surface area contributed by atoms with Gasteiger partial charge in [-0.05, 0) is 42.5 Å². The van der Waals surface area contributed by atoms with Gasteiger partial charge in [0.25, 0.3) is 0 Å². The largest absolute Gasteiger partial charge is 0.382 e. The molecule has 3 aromatic heterocycles. The number of nitrogens with zero attached hydrogens (tertiary/aromatic N) is 5. The lowest BCUT2D eigenvalue weighted by molar-refractivity contribution is 0.292. The van der Waals surface area contributed by atoms with Gasteiger partial charge in [0.2, 0.25) is 0 Å². The van der Waals surface area contributed by atoms with Crippen LogP contribution in [-0.4, -0.2) is 39.1 Å². The van der Waals surface area contributed by atoms with E-state index in [-0.39, 0.29) is 17.3 Å². The average Bonchev–Trinajstić information content (AvgIpc) is 3.04. The Labute approximate surface area is 189 Å². The molecule has 1 atom stereocenters. The Morgan fingerprint density at radius 3 is 2.65 bits per heavy atom. The number of hydrogen-bond acceptors (Lipinski definition) is 9. The van der Waals surface area contributed by atoms with Gasteiger partial charge in [0.15, 0.2) is 5.82 Å². The fourth-order valence-corrected chi connectivity index (χ4v) is 5.73. The molecule has 3 aromatic rings. The highest BCUT2D eigenvalue weighted by Gasteiger charge is 2.46. The van der Waals surface area contributed by atoms with Gasteiger partial charge in [0, 0.05) is 48.0 Å². The number of hydrogen-bond donors (Lipinski definition) is 3. The molecule has 2 aliphatic rings. The Bertz CT molecular complexity index is 1130. The number of nitrogens with two attached hydrogens (primary N) is 3. The molecule has 31 heavy (non-hydrogen) atoms. The summed E-state index contributed by atoms with van der Waals surface area (Å²) in [7, 11) is 0. The summed E-state index contributed by atoms with van der Waals surface area (Å²) < 4.78 is 0. The zero-order chi connectivity index (χ0) is 21.6. The number of nitrogen functional groups attached to an aromatic ring is 2. The van der Waals surface area contributed by atoms with Gasteiger partial charge >= 0.3 is 0 Å². The molecule has 0 saturated carbocycles. The van der Waals surface area contributed by atoms with Crippen molar-refractivity contribution in [3.8, 4) is 0 Å². The summed E-state index contributed by atoms with van der Waals surface area (Å²) in [5, 5.41) is 0.978. The molecule has 0 radical (unpaired) electrons. The van der Waals surface area contributed by atoms with E-state index in [1.165, 1.54) is 22.9 Å². The van der Waals surface area contributed by atoms with E-state index >= 15 is 0 Å². The van der Waals surface area contributed by atoms with Crippen molar-refractivity contribution in [3.05, 3.63) is 53.1 Å². The van der Waals surface area contributed by atoms with Gasteiger partial charge < -0.3 is 22.1 Å². The van der Waals surface area contributed by atoms with Gasteiger partial charge in [-0.2, -0.15) is 0 Å². The van der Waals surface area contributed by atoms with Crippen molar-refractivity contribution in [2.75, 3.05) is 29.5 Å². The van der Waals surface area contributed by atoms with Crippen molar-refractivity contribution in [2.45, 2.75) is 40.6 Å². The number of piperidine rings is 1. The number of aromatic nitrogens is 4. The van der Waals surface area contributed by atoms with E-state index < -0.39 is 0 Å². The first-order chi connectivity index (χ1) is 15.0. The standard InChI is InChI=1S/C21H23ClN8S/c22-17-14(2-6-27-18(17)24)31-20-19(25)29-16(11-28-20)30-7-3-21(4-8-30)13-1-5-26-10-12(13)9-15(21)23/h1-2,5-6,10-11,15H,3-4,7-9,23H2,(H2,24,27)(H2,25,29)/t15-/m1/s1. The van der Waals surface area contributed by atoms with Crippen LogP contribution in [0.2, 0.25) is 5.02 Å². The molecule has 1 spiro atoms. The molecule has 5 rings (SSSR count). The molecule has 160 valence electrons. The van der Waals surface area contributed by atoms with Gasteiger partial charge in [0.1, 0.15) is 16.7 Å². The minimum atomic E-state index is 0.0154. The minimum Gasteiger partial charge on any atom is -0.382 e. The van der Waals surface area contributed by atoms with E-state index in [2.05, 4.69) is 30.9 Å². The Kier molecular flexibility index (Phi) is 5.11. The van der Waals surface area contributed by atoms with Crippen molar-refractivity contribution < 1.29 is 0 Å². The van der Waals surface area contributed by atoms with Gasteiger partial charge in [-0.1, -0.05) is 23.4 Å². The van der Waals surface area contributed by atoms with Crippen LogP contribution in [0, 0.1) is 0 Å². The lowest BCUT2D eigenvalue weighted by Gasteiger charge is -2.43. The minimum absolute atomic E-state index is 0.0154. The quantitative estimate of drug-likeness (QED) is 0.546. The fraction of sp³-hybridized carbons (Fsp3) is 0.333. The summed E-state index contributed by atoms with van der Waals surface area (Å²) >= 11 is 7.56. The summed E-state index contributed by atoms with van der Waals surface area (Å²) in [6, 6.07) is 4.04. The highest BCUT2D eigenvalue weighted by Crippen LogP contribution is 2.46.